The molecule has 92 valence electrons. The van der Waals surface area contributed by atoms with Gasteiger partial charge in [-0.2, -0.15) is 0 Å². The first-order valence-corrected chi connectivity index (χ1v) is 6.71. The van der Waals surface area contributed by atoms with Gasteiger partial charge in [-0.05, 0) is 29.2 Å². The minimum absolute atomic E-state index is 0.00851. The Morgan fingerprint density at radius 2 is 1.67 bits per heavy atom. The summed E-state index contributed by atoms with van der Waals surface area (Å²) in [5, 5.41) is 0. The van der Waals surface area contributed by atoms with Gasteiger partial charge in [-0.25, -0.2) is 0 Å². The van der Waals surface area contributed by atoms with Gasteiger partial charge in [-0.1, -0.05) is 71.0 Å². The van der Waals surface area contributed by atoms with Crippen molar-refractivity contribution in [3.05, 3.63) is 76.8 Å². The second kappa shape index (κ2) is 5.98. The average molecular weight is 302 g/mol. The first-order valence-electron chi connectivity index (χ1n) is 5.91. The lowest BCUT2D eigenvalue weighted by Crippen LogP contribution is -2.10. The number of hydrogen-bond acceptors (Lipinski definition) is 1. The smallest absolute Gasteiger partial charge is 0.0335 e. The van der Waals surface area contributed by atoms with Gasteiger partial charge in [0.1, 0.15) is 0 Å². The van der Waals surface area contributed by atoms with E-state index in [0.717, 1.165) is 27.6 Å². The molecule has 2 rings (SSSR count). The van der Waals surface area contributed by atoms with Crippen molar-refractivity contribution >= 4 is 21.5 Å². The second-order valence-corrected chi connectivity index (χ2v) is 5.16. The first kappa shape index (κ1) is 13.1. The van der Waals surface area contributed by atoms with E-state index in [1.807, 2.05) is 36.4 Å². The van der Waals surface area contributed by atoms with Crippen LogP contribution in [0.2, 0.25) is 0 Å². The van der Waals surface area contributed by atoms with E-state index in [2.05, 4.69) is 40.7 Å². The fourth-order valence-corrected chi connectivity index (χ4v) is 2.51. The predicted molar refractivity (Wildman–Crippen MR) is 81.2 cm³/mol. The highest BCUT2D eigenvalue weighted by molar-refractivity contribution is 9.10. The van der Waals surface area contributed by atoms with Crippen molar-refractivity contribution in [3.63, 3.8) is 0 Å². The van der Waals surface area contributed by atoms with Crippen molar-refractivity contribution in [2.45, 2.75) is 12.5 Å². The van der Waals surface area contributed by atoms with E-state index < -0.39 is 0 Å². The number of halogens is 1. The van der Waals surface area contributed by atoms with Gasteiger partial charge in [0, 0.05) is 10.5 Å². The SMILES string of the molecule is C=C(CC(N)c1ccccc1)c1ccccc1Br. The van der Waals surface area contributed by atoms with E-state index in [1.165, 1.54) is 0 Å². The maximum atomic E-state index is 6.21. The molecule has 0 saturated heterocycles. The molecule has 2 aromatic carbocycles. The summed E-state index contributed by atoms with van der Waals surface area (Å²) in [5.41, 5.74) is 9.53. The molecule has 0 bridgehead atoms. The van der Waals surface area contributed by atoms with E-state index in [-0.39, 0.29) is 6.04 Å². The van der Waals surface area contributed by atoms with Crippen LogP contribution in [-0.4, -0.2) is 0 Å². The van der Waals surface area contributed by atoms with Crippen LogP contribution in [0.4, 0.5) is 0 Å². The summed E-state index contributed by atoms with van der Waals surface area (Å²) in [6.07, 6.45) is 0.757. The molecule has 0 radical (unpaired) electrons. The zero-order valence-corrected chi connectivity index (χ0v) is 11.7. The third kappa shape index (κ3) is 3.09. The Balaban J connectivity index is 2.11. The molecule has 2 heteroatoms. The van der Waals surface area contributed by atoms with E-state index in [1.54, 1.807) is 0 Å². The topological polar surface area (TPSA) is 26.0 Å². The lowest BCUT2D eigenvalue weighted by atomic mass is 9.96. The fraction of sp³-hybridized carbons (Fsp3) is 0.125. The molecule has 0 aromatic heterocycles. The van der Waals surface area contributed by atoms with Crippen LogP contribution in [0.25, 0.3) is 5.57 Å². The summed E-state index contributed by atoms with van der Waals surface area (Å²) in [7, 11) is 0. The van der Waals surface area contributed by atoms with Crippen LogP contribution in [0.1, 0.15) is 23.6 Å². The molecule has 0 fully saturated rings. The minimum atomic E-state index is -0.00851. The number of hydrogen-bond donors (Lipinski definition) is 1. The number of nitrogens with two attached hydrogens (primary N) is 1. The highest BCUT2D eigenvalue weighted by Gasteiger charge is 2.10. The molecule has 0 aliphatic heterocycles. The van der Waals surface area contributed by atoms with Crippen LogP contribution in [0, 0.1) is 0 Å². The Morgan fingerprint density at radius 1 is 1.06 bits per heavy atom. The van der Waals surface area contributed by atoms with Crippen LogP contribution in [0.3, 0.4) is 0 Å². The van der Waals surface area contributed by atoms with Gasteiger partial charge >= 0.3 is 0 Å². The average Bonchev–Trinajstić information content (AvgIpc) is 2.40. The molecule has 2 aromatic rings. The zero-order valence-electron chi connectivity index (χ0n) is 10.1. The lowest BCUT2D eigenvalue weighted by Gasteiger charge is -2.15. The van der Waals surface area contributed by atoms with Gasteiger partial charge in [-0.15, -0.1) is 0 Å². The zero-order chi connectivity index (χ0) is 13.0. The fourth-order valence-electron chi connectivity index (χ4n) is 1.94. The van der Waals surface area contributed by atoms with Gasteiger partial charge in [0.05, 0.1) is 0 Å². The lowest BCUT2D eigenvalue weighted by molar-refractivity contribution is 0.751. The number of benzene rings is 2. The molecule has 1 unspecified atom stereocenters. The second-order valence-electron chi connectivity index (χ2n) is 4.30. The van der Waals surface area contributed by atoms with Crippen molar-refractivity contribution in [1.29, 1.82) is 0 Å². The van der Waals surface area contributed by atoms with Crippen LogP contribution in [-0.2, 0) is 0 Å². The third-order valence-corrected chi connectivity index (χ3v) is 3.64. The molecule has 0 heterocycles. The molecule has 2 N–H and O–H groups in total. The van der Waals surface area contributed by atoms with Crippen molar-refractivity contribution in [3.8, 4) is 0 Å². The van der Waals surface area contributed by atoms with Crippen LogP contribution in [0.5, 0.6) is 0 Å². The van der Waals surface area contributed by atoms with E-state index in [0.29, 0.717) is 0 Å². The summed E-state index contributed by atoms with van der Waals surface area (Å²) in [5.74, 6) is 0. The van der Waals surface area contributed by atoms with Gasteiger partial charge in [0.25, 0.3) is 0 Å². The maximum Gasteiger partial charge on any atom is 0.0335 e. The van der Waals surface area contributed by atoms with Crippen molar-refractivity contribution < 1.29 is 0 Å². The molecule has 0 amide bonds. The Labute approximate surface area is 116 Å². The Morgan fingerprint density at radius 3 is 2.33 bits per heavy atom. The van der Waals surface area contributed by atoms with Crippen molar-refractivity contribution in [2.24, 2.45) is 5.73 Å². The summed E-state index contributed by atoms with van der Waals surface area (Å²) in [6.45, 7) is 4.14. The van der Waals surface area contributed by atoms with Gasteiger partial charge in [-0.3, -0.25) is 0 Å². The summed E-state index contributed by atoms with van der Waals surface area (Å²) in [4.78, 5) is 0. The van der Waals surface area contributed by atoms with Crippen LogP contribution >= 0.6 is 15.9 Å². The Hall–Kier alpha value is -1.38. The normalized spacial score (nSPS) is 12.1. The van der Waals surface area contributed by atoms with Crippen LogP contribution < -0.4 is 5.73 Å². The van der Waals surface area contributed by atoms with Gasteiger partial charge in [0.15, 0.2) is 0 Å². The molecule has 0 spiro atoms. The largest absolute Gasteiger partial charge is 0.324 e. The van der Waals surface area contributed by atoms with E-state index in [4.69, 9.17) is 5.73 Å². The highest BCUT2D eigenvalue weighted by Crippen LogP contribution is 2.29. The van der Waals surface area contributed by atoms with Gasteiger partial charge in [0.2, 0.25) is 0 Å². The summed E-state index contributed by atoms with van der Waals surface area (Å²) >= 11 is 3.54. The van der Waals surface area contributed by atoms with Crippen molar-refractivity contribution in [1.82, 2.24) is 0 Å². The van der Waals surface area contributed by atoms with E-state index in [9.17, 15) is 0 Å². The highest BCUT2D eigenvalue weighted by atomic mass is 79.9. The standard InChI is InChI=1S/C16H16BrN/c1-12(14-9-5-6-10-15(14)17)11-16(18)13-7-3-2-4-8-13/h2-10,16H,1,11,18H2. The molecule has 0 aliphatic carbocycles. The van der Waals surface area contributed by atoms with E-state index >= 15 is 0 Å². The quantitative estimate of drug-likeness (QED) is 0.880. The van der Waals surface area contributed by atoms with Crippen LogP contribution in [0.15, 0.2) is 65.6 Å². The molecule has 18 heavy (non-hydrogen) atoms. The predicted octanol–water partition coefficient (Wildman–Crippen LogP) is 4.55. The maximum absolute atomic E-state index is 6.21. The minimum Gasteiger partial charge on any atom is -0.324 e. The van der Waals surface area contributed by atoms with Crippen molar-refractivity contribution in [2.75, 3.05) is 0 Å². The van der Waals surface area contributed by atoms with Gasteiger partial charge < -0.3 is 5.73 Å². The number of rotatable bonds is 4. The Kier molecular flexibility index (Phi) is 4.34. The Bertz CT molecular complexity index is 534. The molecule has 1 atom stereocenters. The third-order valence-electron chi connectivity index (χ3n) is 2.95. The molecule has 0 saturated carbocycles. The first-order chi connectivity index (χ1) is 8.68. The molecule has 1 nitrogen and oxygen atoms in total. The molecular weight excluding hydrogens is 286 g/mol. The molecule has 0 aliphatic rings. The molecular formula is C16H16BrN. The monoisotopic (exact) mass is 301 g/mol. The summed E-state index contributed by atoms with van der Waals surface area (Å²) < 4.78 is 1.07. The summed E-state index contributed by atoms with van der Waals surface area (Å²) in [6, 6.07) is 18.2.